The van der Waals surface area contributed by atoms with Gasteiger partial charge in [0, 0.05) is 13.0 Å². The lowest BCUT2D eigenvalue weighted by atomic mass is 10.3. The molecule has 6 heteroatoms. The smallest absolute Gasteiger partial charge is 0.317 e. The van der Waals surface area contributed by atoms with E-state index in [1.165, 1.54) is 0 Å². The van der Waals surface area contributed by atoms with Crippen LogP contribution in [0.15, 0.2) is 24.3 Å². The highest BCUT2D eigenvalue weighted by atomic mass is 35.5. The fourth-order valence-electron chi connectivity index (χ4n) is 1.17. The van der Waals surface area contributed by atoms with Gasteiger partial charge in [0.2, 0.25) is 5.91 Å². The van der Waals surface area contributed by atoms with Crippen LogP contribution in [0.1, 0.15) is 6.42 Å². The van der Waals surface area contributed by atoms with Gasteiger partial charge in [0.15, 0.2) is 0 Å². The van der Waals surface area contributed by atoms with Crippen molar-refractivity contribution in [1.82, 2.24) is 5.32 Å². The van der Waals surface area contributed by atoms with Gasteiger partial charge in [-0.1, -0.05) is 23.7 Å². The maximum atomic E-state index is 11.5. The number of carboxylic acid groups (broad SMARTS) is 1. The largest absolute Gasteiger partial charge is 0.480 e. The van der Waals surface area contributed by atoms with Crippen LogP contribution in [0, 0.1) is 0 Å². The fraction of sp³-hybridized carbons (Fsp3) is 0.273. The summed E-state index contributed by atoms with van der Waals surface area (Å²) in [7, 11) is 0. The Bertz CT molecular complexity index is 409. The predicted octanol–water partition coefficient (Wildman–Crippen LogP) is 1.34. The fourth-order valence-corrected chi connectivity index (χ4v) is 1.36. The van der Waals surface area contributed by atoms with Crippen molar-refractivity contribution in [3.8, 4) is 0 Å². The predicted molar refractivity (Wildman–Crippen MR) is 65.2 cm³/mol. The Kier molecular flexibility index (Phi) is 5.45. The number of amides is 1. The minimum absolute atomic E-state index is 0.153. The third-order valence-electron chi connectivity index (χ3n) is 1.95. The van der Waals surface area contributed by atoms with E-state index in [1.807, 2.05) is 0 Å². The van der Waals surface area contributed by atoms with Crippen molar-refractivity contribution in [1.29, 1.82) is 0 Å². The van der Waals surface area contributed by atoms with Crippen LogP contribution in [-0.4, -0.2) is 30.1 Å². The van der Waals surface area contributed by atoms with Crippen LogP contribution >= 0.6 is 11.6 Å². The number of hydrogen-bond donors (Lipinski definition) is 3. The van der Waals surface area contributed by atoms with E-state index >= 15 is 0 Å². The second-order valence-corrected chi connectivity index (χ2v) is 3.76. The Morgan fingerprint density at radius 1 is 1.29 bits per heavy atom. The summed E-state index contributed by atoms with van der Waals surface area (Å²) in [4.78, 5) is 21.7. The van der Waals surface area contributed by atoms with Gasteiger partial charge < -0.3 is 15.7 Å². The molecule has 5 nitrogen and oxygen atoms in total. The van der Waals surface area contributed by atoms with Crippen LogP contribution in [-0.2, 0) is 9.59 Å². The first-order chi connectivity index (χ1) is 8.09. The van der Waals surface area contributed by atoms with E-state index in [4.69, 9.17) is 16.7 Å². The minimum Gasteiger partial charge on any atom is -0.480 e. The lowest BCUT2D eigenvalue weighted by molar-refractivity contribution is -0.136. The maximum Gasteiger partial charge on any atom is 0.317 e. The van der Waals surface area contributed by atoms with Gasteiger partial charge in [-0.3, -0.25) is 9.59 Å². The zero-order chi connectivity index (χ0) is 12.7. The van der Waals surface area contributed by atoms with Gasteiger partial charge in [-0.05, 0) is 12.1 Å². The van der Waals surface area contributed by atoms with E-state index in [2.05, 4.69) is 10.6 Å². The van der Waals surface area contributed by atoms with Crippen molar-refractivity contribution >= 4 is 29.2 Å². The topological polar surface area (TPSA) is 78.4 Å². The van der Waals surface area contributed by atoms with Gasteiger partial charge in [0.05, 0.1) is 17.3 Å². The lowest BCUT2D eigenvalue weighted by Gasteiger charge is -2.06. The van der Waals surface area contributed by atoms with Gasteiger partial charge in [-0.2, -0.15) is 0 Å². The molecule has 0 aliphatic heterocycles. The number of carboxylic acids is 1. The zero-order valence-corrected chi connectivity index (χ0v) is 9.83. The Hall–Kier alpha value is -1.59. The van der Waals surface area contributed by atoms with Crippen LogP contribution in [0.5, 0.6) is 0 Å². The molecule has 1 amide bonds. The normalized spacial score (nSPS) is 9.94. The summed E-state index contributed by atoms with van der Waals surface area (Å²) >= 11 is 5.86. The molecule has 1 aromatic rings. The minimum atomic E-state index is -0.948. The molecule has 17 heavy (non-hydrogen) atoms. The van der Waals surface area contributed by atoms with E-state index in [9.17, 15) is 9.59 Å². The average Bonchev–Trinajstić information content (AvgIpc) is 2.27. The Balaban J connectivity index is 2.30. The summed E-state index contributed by atoms with van der Waals surface area (Å²) in [6.07, 6.45) is 0.193. The molecule has 0 fully saturated rings. The first-order valence-electron chi connectivity index (χ1n) is 5.06. The summed E-state index contributed by atoms with van der Waals surface area (Å²) in [5, 5.41) is 14.1. The molecule has 0 spiro atoms. The van der Waals surface area contributed by atoms with E-state index in [-0.39, 0.29) is 18.9 Å². The number of halogens is 1. The standard InChI is InChI=1S/C11H13ClN2O3/c12-8-3-1-2-4-9(8)14-10(15)5-6-13-7-11(16)17/h1-4,13H,5-7H2,(H,14,15)(H,16,17). The van der Waals surface area contributed by atoms with Crippen molar-refractivity contribution in [3.05, 3.63) is 29.3 Å². The number of nitrogens with one attached hydrogen (secondary N) is 2. The molecule has 0 aliphatic rings. The van der Waals surface area contributed by atoms with Crippen LogP contribution in [0.4, 0.5) is 5.69 Å². The van der Waals surface area contributed by atoms with Gasteiger partial charge in [-0.25, -0.2) is 0 Å². The third kappa shape index (κ3) is 5.33. The number of anilines is 1. The second-order valence-electron chi connectivity index (χ2n) is 3.35. The van der Waals surface area contributed by atoms with Crippen molar-refractivity contribution < 1.29 is 14.7 Å². The average molecular weight is 257 g/mol. The van der Waals surface area contributed by atoms with E-state index in [1.54, 1.807) is 24.3 Å². The van der Waals surface area contributed by atoms with Crippen molar-refractivity contribution in [2.75, 3.05) is 18.4 Å². The molecule has 3 N–H and O–H groups in total. The maximum absolute atomic E-state index is 11.5. The molecule has 1 aromatic carbocycles. The Morgan fingerprint density at radius 3 is 2.65 bits per heavy atom. The third-order valence-corrected chi connectivity index (χ3v) is 2.28. The van der Waals surface area contributed by atoms with Crippen LogP contribution in [0.2, 0.25) is 5.02 Å². The van der Waals surface area contributed by atoms with Gasteiger partial charge in [-0.15, -0.1) is 0 Å². The SMILES string of the molecule is O=C(O)CNCCC(=O)Nc1ccccc1Cl. The first kappa shape index (κ1) is 13.5. The van der Waals surface area contributed by atoms with Crippen LogP contribution in [0.25, 0.3) is 0 Å². The van der Waals surface area contributed by atoms with E-state index in [0.717, 1.165) is 0 Å². The highest BCUT2D eigenvalue weighted by Crippen LogP contribution is 2.20. The molecule has 0 bridgehead atoms. The van der Waals surface area contributed by atoms with Gasteiger partial charge in [0.1, 0.15) is 0 Å². The molecular weight excluding hydrogens is 244 g/mol. The number of benzene rings is 1. The molecule has 0 saturated carbocycles. The molecule has 92 valence electrons. The summed E-state index contributed by atoms with van der Waals surface area (Å²) in [6.45, 7) is 0.155. The second kappa shape index (κ2) is 6.88. The van der Waals surface area contributed by atoms with Gasteiger partial charge in [0.25, 0.3) is 0 Å². The van der Waals surface area contributed by atoms with Crippen LogP contribution in [0.3, 0.4) is 0 Å². The number of rotatable bonds is 6. The molecule has 0 aliphatic carbocycles. The molecular formula is C11H13ClN2O3. The van der Waals surface area contributed by atoms with Crippen molar-refractivity contribution in [3.63, 3.8) is 0 Å². The van der Waals surface area contributed by atoms with Crippen molar-refractivity contribution in [2.24, 2.45) is 0 Å². The summed E-state index contributed by atoms with van der Waals surface area (Å²) in [6, 6.07) is 6.92. The van der Waals surface area contributed by atoms with E-state index in [0.29, 0.717) is 17.3 Å². The number of para-hydroxylation sites is 1. The molecule has 0 aromatic heterocycles. The highest BCUT2D eigenvalue weighted by molar-refractivity contribution is 6.33. The summed E-state index contributed by atoms with van der Waals surface area (Å²) in [5.74, 6) is -1.16. The Labute approximate surface area is 104 Å². The quantitative estimate of drug-likeness (QED) is 0.671. The monoisotopic (exact) mass is 256 g/mol. The summed E-state index contributed by atoms with van der Waals surface area (Å²) < 4.78 is 0. The van der Waals surface area contributed by atoms with Crippen LogP contribution < -0.4 is 10.6 Å². The first-order valence-corrected chi connectivity index (χ1v) is 5.44. The van der Waals surface area contributed by atoms with E-state index < -0.39 is 5.97 Å². The van der Waals surface area contributed by atoms with Gasteiger partial charge >= 0.3 is 5.97 Å². The summed E-state index contributed by atoms with van der Waals surface area (Å²) in [5.41, 5.74) is 0.553. The molecule has 0 heterocycles. The molecule has 0 atom stereocenters. The number of hydrogen-bond acceptors (Lipinski definition) is 3. The Morgan fingerprint density at radius 2 is 2.00 bits per heavy atom. The number of aliphatic carboxylic acids is 1. The lowest BCUT2D eigenvalue weighted by Crippen LogP contribution is -2.26. The zero-order valence-electron chi connectivity index (χ0n) is 9.07. The molecule has 0 saturated heterocycles. The number of carbonyl (C=O) groups excluding carboxylic acids is 1. The van der Waals surface area contributed by atoms with Crippen molar-refractivity contribution in [2.45, 2.75) is 6.42 Å². The molecule has 0 unspecified atom stereocenters. The highest BCUT2D eigenvalue weighted by Gasteiger charge is 2.05. The number of carbonyl (C=O) groups is 2. The molecule has 0 radical (unpaired) electrons. The molecule has 1 rings (SSSR count).